The van der Waals surface area contributed by atoms with Crippen molar-refractivity contribution in [2.45, 2.75) is 32.1 Å². The number of alkyl halides is 3. The zero-order valence-corrected chi connectivity index (χ0v) is 12.7. The number of benzene rings is 1. The second-order valence-corrected chi connectivity index (χ2v) is 5.63. The third-order valence-corrected chi connectivity index (χ3v) is 3.94. The highest BCUT2D eigenvalue weighted by molar-refractivity contribution is 9.10. The van der Waals surface area contributed by atoms with Gasteiger partial charge >= 0.3 is 6.18 Å². The van der Waals surface area contributed by atoms with Crippen LogP contribution in [0, 0.1) is 0 Å². The average molecular weight is 365 g/mol. The van der Waals surface area contributed by atoms with Crippen molar-refractivity contribution in [3.05, 3.63) is 28.2 Å². The van der Waals surface area contributed by atoms with Crippen LogP contribution in [0.4, 0.5) is 18.9 Å². The second-order valence-electron chi connectivity index (χ2n) is 4.78. The molecule has 0 bridgehead atoms. The Labute approximate surface area is 127 Å². The lowest BCUT2D eigenvalue weighted by molar-refractivity contribution is -0.137. The van der Waals surface area contributed by atoms with Gasteiger partial charge in [-0.25, -0.2) is 0 Å². The normalized spacial score (nSPS) is 23.2. The summed E-state index contributed by atoms with van der Waals surface area (Å²) < 4.78 is 38.8. The topological polar surface area (TPSA) is 49.4 Å². The summed E-state index contributed by atoms with van der Waals surface area (Å²) in [6, 6.07) is 1.33. The Balaban J connectivity index is 2.53. The number of hydrogen-bond acceptors (Lipinski definition) is 2. The van der Waals surface area contributed by atoms with E-state index in [0.29, 0.717) is 4.47 Å². The van der Waals surface area contributed by atoms with E-state index in [2.05, 4.69) is 21.2 Å². The van der Waals surface area contributed by atoms with E-state index in [1.165, 1.54) is 19.9 Å². The molecule has 1 aromatic carbocycles. The van der Waals surface area contributed by atoms with Gasteiger partial charge in [0.1, 0.15) is 12.1 Å². The largest absolute Gasteiger partial charge is 0.416 e. The first kappa shape index (κ1) is 15.8. The molecule has 0 aliphatic carbocycles. The van der Waals surface area contributed by atoms with Gasteiger partial charge in [0.2, 0.25) is 11.8 Å². The molecule has 0 radical (unpaired) electrons. The van der Waals surface area contributed by atoms with E-state index in [1.54, 1.807) is 0 Å². The second kappa shape index (κ2) is 5.32. The van der Waals surface area contributed by atoms with Crippen LogP contribution >= 0.6 is 15.9 Å². The fourth-order valence-corrected chi connectivity index (χ4v) is 2.55. The molecule has 1 aliphatic heterocycles. The SMILES string of the molecule is CC1NC(=O)C(C)N(c2cc(C(F)(F)F)ccc2Br)C1=O. The number of carbonyl (C=O) groups excluding carboxylic acids is 2. The van der Waals surface area contributed by atoms with Crippen LogP contribution in [0.2, 0.25) is 0 Å². The Morgan fingerprint density at radius 3 is 2.43 bits per heavy atom. The zero-order valence-electron chi connectivity index (χ0n) is 11.2. The monoisotopic (exact) mass is 364 g/mol. The van der Waals surface area contributed by atoms with Crippen LogP contribution in [0.25, 0.3) is 0 Å². The minimum atomic E-state index is -4.52. The van der Waals surface area contributed by atoms with Gasteiger partial charge in [0.15, 0.2) is 0 Å². The molecule has 4 nitrogen and oxygen atoms in total. The van der Waals surface area contributed by atoms with Gasteiger partial charge in [0.25, 0.3) is 0 Å². The fourth-order valence-electron chi connectivity index (χ4n) is 2.11. The molecule has 1 aliphatic rings. The molecule has 2 rings (SSSR count). The van der Waals surface area contributed by atoms with Crippen LogP contribution in [0.5, 0.6) is 0 Å². The lowest BCUT2D eigenvalue weighted by Crippen LogP contribution is -2.61. The summed E-state index contributed by atoms with van der Waals surface area (Å²) in [5.74, 6) is -0.867. The van der Waals surface area contributed by atoms with Crippen molar-refractivity contribution >= 4 is 33.4 Å². The molecule has 8 heteroatoms. The van der Waals surface area contributed by atoms with E-state index >= 15 is 0 Å². The quantitative estimate of drug-likeness (QED) is 0.832. The number of nitrogens with zero attached hydrogens (tertiary/aromatic N) is 1. The Kier molecular flexibility index (Phi) is 4.01. The molecule has 1 aromatic rings. The predicted octanol–water partition coefficient (Wildman–Crippen LogP) is 2.71. The molecule has 0 aromatic heterocycles. The Hall–Kier alpha value is -1.57. The summed E-state index contributed by atoms with van der Waals surface area (Å²) in [5, 5.41) is 2.48. The highest BCUT2D eigenvalue weighted by Gasteiger charge is 2.39. The van der Waals surface area contributed by atoms with Crippen molar-refractivity contribution in [1.29, 1.82) is 0 Å². The molecular formula is C13H12BrF3N2O2. The maximum absolute atomic E-state index is 12.8. The maximum atomic E-state index is 12.8. The summed E-state index contributed by atoms with van der Waals surface area (Å²) in [6.07, 6.45) is -4.52. The molecule has 1 fully saturated rings. The minimum Gasteiger partial charge on any atom is -0.343 e. The summed E-state index contributed by atoms with van der Waals surface area (Å²) in [7, 11) is 0. The molecule has 1 N–H and O–H groups in total. The maximum Gasteiger partial charge on any atom is 0.416 e. The van der Waals surface area contributed by atoms with Gasteiger partial charge in [-0.2, -0.15) is 13.2 Å². The minimum absolute atomic E-state index is 0.0315. The summed E-state index contributed by atoms with van der Waals surface area (Å²) in [6.45, 7) is 2.95. The van der Waals surface area contributed by atoms with Gasteiger partial charge in [-0.05, 0) is 48.0 Å². The number of amides is 2. The van der Waals surface area contributed by atoms with E-state index < -0.39 is 35.6 Å². The van der Waals surface area contributed by atoms with E-state index in [0.717, 1.165) is 17.0 Å². The molecule has 0 saturated carbocycles. The molecule has 21 heavy (non-hydrogen) atoms. The molecule has 0 spiro atoms. The zero-order chi connectivity index (χ0) is 15.9. The Morgan fingerprint density at radius 1 is 1.24 bits per heavy atom. The standard InChI is InChI=1S/C13H12BrF3N2O2/c1-6-12(21)19(7(2)11(20)18-6)10-5-8(13(15,16)17)3-4-9(10)14/h3-7H,1-2H3,(H,18,20). The van der Waals surface area contributed by atoms with Crippen molar-refractivity contribution < 1.29 is 22.8 Å². The summed E-state index contributed by atoms with van der Waals surface area (Å²) in [4.78, 5) is 25.1. The van der Waals surface area contributed by atoms with Crippen LogP contribution in [0.1, 0.15) is 19.4 Å². The third-order valence-electron chi connectivity index (χ3n) is 3.27. The average Bonchev–Trinajstić information content (AvgIpc) is 2.37. The summed E-state index contributed by atoms with van der Waals surface area (Å²) >= 11 is 3.13. The van der Waals surface area contributed by atoms with Crippen LogP contribution in [0.3, 0.4) is 0 Å². The van der Waals surface area contributed by atoms with Gasteiger partial charge in [0, 0.05) is 4.47 Å². The van der Waals surface area contributed by atoms with E-state index in [9.17, 15) is 22.8 Å². The predicted molar refractivity (Wildman–Crippen MR) is 73.7 cm³/mol. The van der Waals surface area contributed by atoms with Crippen LogP contribution in [-0.4, -0.2) is 23.9 Å². The first-order chi connectivity index (χ1) is 9.62. The number of nitrogens with one attached hydrogen (secondary N) is 1. The lowest BCUT2D eigenvalue weighted by Gasteiger charge is -2.36. The number of halogens is 4. The highest BCUT2D eigenvalue weighted by atomic mass is 79.9. The molecule has 2 amide bonds. The van der Waals surface area contributed by atoms with Crippen molar-refractivity contribution in [3.63, 3.8) is 0 Å². The Morgan fingerprint density at radius 2 is 1.86 bits per heavy atom. The number of rotatable bonds is 1. The molecule has 1 saturated heterocycles. The fraction of sp³-hybridized carbons (Fsp3) is 0.385. The molecule has 114 valence electrons. The van der Waals surface area contributed by atoms with Gasteiger partial charge in [-0.3, -0.25) is 14.5 Å². The lowest BCUT2D eigenvalue weighted by atomic mass is 10.1. The molecular weight excluding hydrogens is 353 g/mol. The summed E-state index contributed by atoms with van der Waals surface area (Å²) in [5.41, 5.74) is -0.844. The van der Waals surface area contributed by atoms with Gasteiger partial charge < -0.3 is 5.32 Å². The van der Waals surface area contributed by atoms with E-state index in [-0.39, 0.29) is 5.69 Å². The van der Waals surface area contributed by atoms with Gasteiger partial charge in [0.05, 0.1) is 11.3 Å². The Bertz CT molecular complexity index is 604. The smallest absolute Gasteiger partial charge is 0.343 e. The van der Waals surface area contributed by atoms with E-state index in [4.69, 9.17) is 0 Å². The van der Waals surface area contributed by atoms with E-state index in [1.807, 2.05) is 0 Å². The molecule has 2 unspecified atom stereocenters. The van der Waals surface area contributed by atoms with Crippen LogP contribution in [0.15, 0.2) is 22.7 Å². The number of piperazine rings is 1. The first-order valence-corrected chi connectivity index (χ1v) is 6.92. The third kappa shape index (κ3) is 2.90. The molecule has 2 atom stereocenters. The van der Waals surface area contributed by atoms with Crippen LogP contribution in [-0.2, 0) is 15.8 Å². The van der Waals surface area contributed by atoms with Crippen molar-refractivity contribution in [3.8, 4) is 0 Å². The number of hydrogen-bond donors (Lipinski definition) is 1. The number of carbonyl (C=O) groups is 2. The van der Waals surface area contributed by atoms with Crippen LogP contribution < -0.4 is 10.2 Å². The van der Waals surface area contributed by atoms with Crippen molar-refractivity contribution in [1.82, 2.24) is 5.32 Å². The van der Waals surface area contributed by atoms with Crippen molar-refractivity contribution in [2.75, 3.05) is 4.90 Å². The van der Waals surface area contributed by atoms with Crippen molar-refractivity contribution in [2.24, 2.45) is 0 Å². The highest BCUT2D eigenvalue weighted by Crippen LogP contribution is 2.37. The van der Waals surface area contributed by atoms with Gasteiger partial charge in [-0.1, -0.05) is 0 Å². The number of anilines is 1. The van der Waals surface area contributed by atoms with Gasteiger partial charge in [-0.15, -0.1) is 0 Å². The molecule has 1 heterocycles. The first-order valence-electron chi connectivity index (χ1n) is 6.13.